The van der Waals surface area contributed by atoms with Crippen molar-refractivity contribution in [1.82, 2.24) is 0 Å². The highest BCUT2D eigenvalue weighted by Gasteiger charge is 2.31. The third kappa shape index (κ3) is 2.86. The number of aliphatic imine (C=N–C) groups is 1. The summed E-state index contributed by atoms with van der Waals surface area (Å²) >= 11 is 0. The Kier molecular flexibility index (Phi) is 4.15. The fraction of sp³-hybridized carbons (Fsp3) is 0.800. The smallest absolute Gasteiger partial charge is 0.286 e. The van der Waals surface area contributed by atoms with Gasteiger partial charge in [-0.15, -0.1) is 0 Å². The quantitative estimate of drug-likeness (QED) is 0.297. The van der Waals surface area contributed by atoms with Crippen LogP contribution in [0.15, 0.2) is 4.99 Å². The van der Waals surface area contributed by atoms with Gasteiger partial charge in [0.25, 0.3) is 6.26 Å². The van der Waals surface area contributed by atoms with Crippen LogP contribution in [0.1, 0.15) is 38.5 Å². The Balaban J connectivity index is 2.52. The highest BCUT2D eigenvalue weighted by molar-refractivity contribution is 5.35. The second-order valence-electron chi connectivity index (χ2n) is 3.68. The number of rotatable bonds is 4. The van der Waals surface area contributed by atoms with E-state index in [0.29, 0.717) is 13.0 Å². The molecular formula is C10H14N2O2. The highest BCUT2D eigenvalue weighted by atomic mass is 16.5. The number of hydrogen-bond acceptors (Lipinski definition) is 4. The molecule has 0 N–H and O–H groups in total. The number of nitriles is 1. The zero-order valence-corrected chi connectivity index (χ0v) is 8.16. The van der Waals surface area contributed by atoms with Crippen LogP contribution in [-0.2, 0) is 9.53 Å². The van der Waals surface area contributed by atoms with E-state index in [0.717, 1.165) is 25.7 Å². The van der Waals surface area contributed by atoms with Gasteiger partial charge in [-0.05, 0) is 12.8 Å². The molecule has 0 unspecified atom stereocenters. The number of hydrogen-bond donors (Lipinski definition) is 0. The van der Waals surface area contributed by atoms with E-state index in [2.05, 4.69) is 9.73 Å². The SMILES string of the molecule is N#COCCC1(N=C=O)CCCCC1. The summed E-state index contributed by atoms with van der Waals surface area (Å²) in [5.74, 6) is 0. The van der Waals surface area contributed by atoms with Crippen molar-refractivity contribution >= 4 is 6.08 Å². The molecule has 0 aliphatic heterocycles. The lowest BCUT2D eigenvalue weighted by Gasteiger charge is -2.31. The molecule has 1 aliphatic rings. The average Bonchev–Trinajstić information content (AvgIpc) is 2.20. The molecule has 0 amide bonds. The monoisotopic (exact) mass is 194 g/mol. The van der Waals surface area contributed by atoms with Crippen LogP contribution in [0.3, 0.4) is 0 Å². The number of ether oxygens (including phenoxy) is 1. The van der Waals surface area contributed by atoms with Crippen LogP contribution in [-0.4, -0.2) is 18.2 Å². The van der Waals surface area contributed by atoms with Gasteiger partial charge in [-0.25, -0.2) is 4.79 Å². The Hall–Kier alpha value is -1.33. The molecule has 4 nitrogen and oxygen atoms in total. The van der Waals surface area contributed by atoms with E-state index in [4.69, 9.17) is 5.26 Å². The van der Waals surface area contributed by atoms with Gasteiger partial charge in [-0.1, -0.05) is 19.3 Å². The zero-order chi connectivity index (χ0) is 10.3. The van der Waals surface area contributed by atoms with Gasteiger partial charge in [0, 0.05) is 6.42 Å². The average molecular weight is 194 g/mol. The standard InChI is InChI=1S/C10H14N2O2/c11-8-14-7-6-10(12-9-13)4-2-1-3-5-10/h1-7H2. The lowest BCUT2D eigenvalue weighted by molar-refractivity contribution is 0.194. The van der Waals surface area contributed by atoms with Crippen LogP contribution >= 0.6 is 0 Å². The summed E-state index contributed by atoms with van der Waals surface area (Å²) in [6.45, 7) is 0.349. The predicted octanol–water partition coefficient (Wildman–Crippen LogP) is 1.91. The first-order chi connectivity index (χ1) is 6.83. The first kappa shape index (κ1) is 10.7. The van der Waals surface area contributed by atoms with Gasteiger partial charge in [0.1, 0.15) is 6.61 Å². The van der Waals surface area contributed by atoms with E-state index in [-0.39, 0.29) is 5.54 Å². The van der Waals surface area contributed by atoms with Crippen LogP contribution in [0.5, 0.6) is 0 Å². The van der Waals surface area contributed by atoms with Crippen molar-refractivity contribution in [3.05, 3.63) is 0 Å². The molecule has 0 spiro atoms. The van der Waals surface area contributed by atoms with E-state index < -0.39 is 0 Å². The van der Waals surface area contributed by atoms with Crippen molar-refractivity contribution in [3.63, 3.8) is 0 Å². The lowest BCUT2D eigenvalue weighted by atomic mass is 9.80. The van der Waals surface area contributed by atoms with Crippen LogP contribution in [0.4, 0.5) is 0 Å². The second kappa shape index (κ2) is 5.41. The summed E-state index contributed by atoms with van der Waals surface area (Å²) in [7, 11) is 0. The zero-order valence-electron chi connectivity index (χ0n) is 8.16. The molecule has 76 valence electrons. The summed E-state index contributed by atoms with van der Waals surface area (Å²) in [5, 5.41) is 8.23. The Morgan fingerprint density at radius 3 is 2.64 bits per heavy atom. The first-order valence-corrected chi connectivity index (χ1v) is 4.93. The maximum absolute atomic E-state index is 10.3. The summed E-state index contributed by atoms with van der Waals surface area (Å²) < 4.78 is 4.62. The van der Waals surface area contributed by atoms with Gasteiger partial charge in [0.05, 0.1) is 5.54 Å². The van der Waals surface area contributed by atoms with Crippen molar-refractivity contribution in [2.45, 2.75) is 44.1 Å². The molecule has 0 aromatic heterocycles. The van der Waals surface area contributed by atoms with E-state index >= 15 is 0 Å². The van der Waals surface area contributed by atoms with Gasteiger partial charge < -0.3 is 4.74 Å². The third-order valence-corrected chi connectivity index (χ3v) is 2.80. The van der Waals surface area contributed by atoms with Crippen molar-refractivity contribution in [1.29, 1.82) is 5.26 Å². The molecule has 0 bridgehead atoms. The van der Waals surface area contributed by atoms with Gasteiger partial charge >= 0.3 is 0 Å². The molecule has 14 heavy (non-hydrogen) atoms. The topological polar surface area (TPSA) is 62.4 Å². The van der Waals surface area contributed by atoms with E-state index in [1.165, 1.54) is 6.42 Å². The molecule has 1 saturated carbocycles. The maximum Gasteiger partial charge on any atom is 0.286 e. The minimum absolute atomic E-state index is 0.295. The molecule has 0 atom stereocenters. The van der Waals surface area contributed by atoms with Crippen LogP contribution in [0, 0.1) is 11.5 Å². The number of carbonyl (C=O) groups excluding carboxylic acids is 1. The minimum atomic E-state index is -0.295. The molecular weight excluding hydrogens is 180 g/mol. The second-order valence-corrected chi connectivity index (χ2v) is 3.68. The van der Waals surface area contributed by atoms with Gasteiger partial charge in [0.2, 0.25) is 6.08 Å². The third-order valence-electron chi connectivity index (χ3n) is 2.80. The van der Waals surface area contributed by atoms with Gasteiger partial charge in [-0.3, -0.25) is 0 Å². The van der Waals surface area contributed by atoms with Gasteiger partial charge in [0.15, 0.2) is 0 Å². The van der Waals surface area contributed by atoms with Crippen LogP contribution in [0.25, 0.3) is 0 Å². The number of isocyanates is 1. The Labute approximate surface area is 83.6 Å². The van der Waals surface area contributed by atoms with Gasteiger partial charge in [-0.2, -0.15) is 10.3 Å². The molecule has 1 aliphatic carbocycles. The Morgan fingerprint density at radius 2 is 2.07 bits per heavy atom. The molecule has 1 fully saturated rings. The normalized spacial score (nSPS) is 19.1. The summed E-state index contributed by atoms with van der Waals surface area (Å²) in [5.41, 5.74) is -0.295. The first-order valence-electron chi connectivity index (χ1n) is 4.93. The van der Waals surface area contributed by atoms with Crippen molar-refractivity contribution < 1.29 is 9.53 Å². The Bertz CT molecular complexity index is 258. The molecule has 0 aromatic carbocycles. The maximum atomic E-state index is 10.3. The van der Waals surface area contributed by atoms with Crippen LogP contribution in [0.2, 0.25) is 0 Å². The van der Waals surface area contributed by atoms with Crippen molar-refractivity contribution in [3.8, 4) is 6.26 Å². The lowest BCUT2D eigenvalue weighted by Crippen LogP contribution is -2.30. The molecule has 0 saturated heterocycles. The number of nitrogens with zero attached hydrogens (tertiary/aromatic N) is 2. The van der Waals surface area contributed by atoms with E-state index in [1.54, 1.807) is 12.3 Å². The predicted molar refractivity (Wildman–Crippen MR) is 50.1 cm³/mol. The minimum Gasteiger partial charge on any atom is -0.427 e. The fourth-order valence-electron chi connectivity index (χ4n) is 2.01. The van der Waals surface area contributed by atoms with Crippen molar-refractivity contribution in [2.75, 3.05) is 6.61 Å². The highest BCUT2D eigenvalue weighted by Crippen LogP contribution is 2.34. The summed E-state index contributed by atoms with van der Waals surface area (Å²) in [4.78, 5) is 14.2. The molecule has 0 aromatic rings. The van der Waals surface area contributed by atoms with E-state index in [9.17, 15) is 4.79 Å². The molecule has 0 heterocycles. The van der Waals surface area contributed by atoms with Crippen LogP contribution < -0.4 is 0 Å². The Morgan fingerprint density at radius 1 is 1.36 bits per heavy atom. The molecule has 4 heteroatoms. The van der Waals surface area contributed by atoms with Crippen molar-refractivity contribution in [2.24, 2.45) is 4.99 Å². The molecule has 1 rings (SSSR count). The largest absolute Gasteiger partial charge is 0.427 e. The molecule has 0 radical (unpaired) electrons. The summed E-state index contributed by atoms with van der Waals surface area (Å²) in [6, 6.07) is 0. The van der Waals surface area contributed by atoms with E-state index in [1.807, 2.05) is 0 Å². The summed E-state index contributed by atoms with van der Waals surface area (Å²) in [6.07, 6.45) is 9.14. The fourth-order valence-corrected chi connectivity index (χ4v) is 2.01.